The second kappa shape index (κ2) is 8.93. The lowest BCUT2D eigenvalue weighted by Crippen LogP contribution is -2.28. The largest absolute Gasteiger partial charge is 0.434 e. The van der Waals surface area contributed by atoms with Gasteiger partial charge in [-0.25, -0.2) is 4.68 Å². The lowest BCUT2D eigenvalue weighted by Gasteiger charge is -2.18. The summed E-state index contributed by atoms with van der Waals surface area (Å²) in [5.74, 6) is -0.767. The molecular weight excluding hydrogens is 431 g/mol. The molecule has 0 aliphatic rings. The van der Waals surface area contributed by atoms with Crippen LogP contribution in [0.3, 0.4) is 0 Å². The summed E-state index contributed by atoms with van der Waals surface area (Å²) in [5, 5.41) is 8.16. The van der Waals surface area contributed by atoms with Crippen LogP contribution < -0.4 is 0 Å². The Kier molecular flexibility index (Phi) is 6.04. The zero-order valence-corrected chi connectivity index (χ0v) is 18.1. The van der Waals surface area contributed by atoms with Crippen LogP contribution in [0.25, 0.3) is 5.69 Å². The number of carbonyl (C=O) groups is 1. The van der Waals surface area contributed by atoms with E-state index < -0.39 is 23.3 Å². The van der Waals surface area contributed by atoms with Crippen molar-refractivity contribution < 1.29 is 18.0 Å². The summed E-state index contributed by atoms with van der Waals surface area (Å²) in [6, 6.07) is 16.2. The van der Waals surface area contributed by atoms with Crippen LogP contribution >= 0.6 is 0 Å². The molecule has 0 bridgehead atoms. The molecule has 0 saturated carbocycles. The fraction of sp³-hybridized carbons (Fsp3) is 0.208. The molecule has 0 aliphatic heterocycles. The Hall–Kier alpha value is -3.88. The number of halogens is 3. The molecule has 2 aromatic heterocycles. The van der Waals surface area contributed by atoms with E-state index in [0.717, 1.165) is 22.0 Å². The molecule has 0 unspecified atom stereocenters. The van der Waals surface area contributed by atoms with Crippen molar-refractivity contribution in [3.8, 4) is 5.69 Å². The van der Waals surface area contributed by atoms with Crippen LogP contribution in [0.4, 0.5) is 13.2 Å². The van der Waals surface area contributed by atoms with E-state index in [1.54, 1.807) is 29.2 Å². The maximum Gasteiger partial charge on any atom is 0.434 e. The van der Waals surface area contributed by atoms with Gasteiger partial charge in [-0.15, -0.1) is 0 Å². The second-order valence-corrected chi connectivity index (χ2v) is 7.84. The van der Waals surface area contributed by atoms with Gasteiger partial charge in [0.05, 0.1) is 30.2 Å². The second-order valence-electron chi connectivity index (χ2n) is 7.84. The highest BCUT2D eigenvalue weighted by Gasteiger charge is 2.41. The van der Waals surface area contributed by atoms with E-state index in [1.807, 2.05) is 37.3 Å². The Balaban J connectivity index is 1.55. The molecule has 2 aromatic carbocycles. The molecule has 0 N–H and O–H groups in total. The fourth-order valence-corrected chi connectivity index (χ4v) is 3.56. The summed E-state index contributed by atoms with van der Waals surface area (Å²) >= 11 is 0. The number of aromatic nitrogens is 4. The van der Waals surface area contributed by atoms with Crippen LogP contribution in [0.5, 0.6) is 0 Å². The molecule has 170 valence electrons. The lowest BCUT2D eigenvalue weighted by atomic mass is 10.2. The number of carbonyl (C=O) groups excluding carboxylic acids is 1. The minimum Gasteiger partial charge on any atom is -0.337 e. The minimum absolute atomic E-state index is 0.112. The highest BCUT2D eigenvalue weighted by Crippen LogP contribution is 2.34. The van der Waals surface area contributed by atoms with Gasteiger partial charge < -0.3 is 4.90 Å². The minimum atomic E-state index is -4.76. The Morgan fingerprint density at radius 1 is 0.970 bits per heavy atom. The Morgan fingerprint density at radius 3 is 2.33 bits per heavy atom. The van der Waals surface area contributed by atoms with E-state index in [1.165, 1.54) is 24.1 Å². The molecule has 4 aromatic rings. The van der Waals surface area contributed by atoms with Gasteiger partial charge in [0, 0.05) is 25.4 Å². The molecule has 0 fully saturated rings. The molecule has 4 rings (SSSR count). The first-order chi connectivity index (χ1) is 15.7. The van der Waals surface area contributed by atoms with E-state index in [9.17, 15) is 18.0 Å². The summed E-state index contributed by atoms with van der Waals surface area (Å²) in [7, 11) is 1.46. The number of hydrogen-bond donors (Lipinski definition) is 0. The van der Waals surface area contributed by atoms with Gasteiger partial charge in [0.2, 0.25) is 0 Å². The van der Waals surface area contributed by atoms with Gasteiger partial charge in [-0.1, -0.05) is 48.0 Å². The topological polar surface area (TPSA) is 56.0 Å². The normalized spacial score (nSPS) is 11.5. The first-order valence-corrected chi connectivity index (χ1v) is 10.3. The maximum absolute atomic E-state index is 13.9. The van der Waals surface area contributed by atoms with Crippen molar-refractivity contribution in [2.45, 2.75) is 26.2 Å². The first kappa shape index (κ1) is 22.3. The van der Waals surface area contributed by atoms with Crippen LogP contribution in [-0.2, 0) is 19.3 Å². The molecular formula is C24H22F3N5O. The van der Waals surface area contributed by atoms with Crippen LogP contribution in [0, 0.1) is 6.92 Å². The highest BCUT2D eigenvalue weighted by molar-refractivity contribution is 5.95. The fourth-order valence-electron chi connectivity index (χ4n) is 3.56. The molecule has 0 saturated heterocycles. The maximum atomic E-state index is 13.9. The van der Waals surface area contributed by atoms with Crippen LogP contribution in [0.1, 0.15) is 32.7 Å². The summed E-state index contributed by atoms with van der Waals surface area (Å²) in [4.78, 5) is 14.2. The quantitative estimate of drug-likeness (QED) is 0.425. The Morgan fingerprint density at radius 2 is 1.67 bits per heavy atom. The number of alkyl halides is 3. The highest BCUT2D eigenvalue weighted by atomic mass is 19.4. The average Bonchev–Trinajstić information content (AvgIpc) is 3.41. The summed E-state index contributed by atoms with van der Waals surface area (Å²) in [5.41, 5.74) is 1.32. The van der Waals surface area contributed by atoms with Crippen molar-refractivity contribution in [2.75, 3.05) is 7.05 Å². The number of benzene rings is 2. The molecule has 0 aliphatic carbocycles. The van der Waals surface area contributed by atoms with Crippen LogP contribution in [0.2, 0.25) is 0 Å². The molecule has 0 atom stereocenters. The van der Waals surface area contributed by atoms with E-state index in [-0.39, 0.29) is 12.2 Å². The van der Waals surface area contributed by atoms with E-state index in [0.29, 0.717) is 12.1 Å². The summed E-state index contributed by atoms with van der Waals surface area (Å²) < 4.78 is 44.3. The summed E-state index contributed by atoms with van der Waals surface area (Å²) in [6.07, 6.45) is -0.404. The lowest BCUT2D eigenvalue weighted by molar-refractivity contribution is -0.143. The number of amides is 1. The van der Waals surface area contributed by atoms with Gasteiger partial charge in [0.25, 0.3) is 5.91 Å². The van der Waals surface area contributed by atoms with E-state index >= 15 is 0 Å². The molecule has 6 nitrogen and oxygen atoms in total. The van der Waals surface area contributed by atoms with Gasteiger partial charge in [-0.2, -0.15) is 23.4 Å². The average molecular weight is 453 g/mol. The zero-order valence-electron chi connectivity index (χ0n) is 18.1. The third kappa shape index (κ3) is 4.97. The molecule has 0 radical (unpaired) electrons. The third-order valence-corrected chi connectivity index (χ3v) is 5.19. The number of rotatable bonds is 6. The van der Waals surface area contributed by atoms with E-state index in [4.69, 9.17) is 0 Å². The van der Waals surface area contributed by atoms with Gasteiger partial charge in [-0.05, 0) is 24.6 Å². The molecule has 0 spiro atoms. The van der Waals surface area contributed by atoms with Gasteiger partial charge in [0.1, 0.15) is 0 Å². The monoisotopic (exact) mass is 453 g/mol. The van der Waals surface area contributed by atoms with Gasteiger partial charge >= 0.3 is 6.18 Å². The standard InChI is InChI=1S/C24H22F3N5O/c1-17-8-10-20(11-9-17)32-22(24(25,26)27)21(13-29-32)23(33)30(2)14-19-12-28-31(16-19)15-18-6-4-3-5-7-18/h3-13,16H,14-15H2,1-2H3. The SMILES string of the molecule is Cc1ccc(-n2ncc(C(=O)N(C)Cc3cnn(Cc4ccccc4)c3)c2C(F)(F)F)cc1. The predicted molar refractivity (Wildman–Crippen MR) is 117 cm³/mol. The van der Waals surface area contributed by atoms with Crippen molar-refractivity contribution in [2.24, 2.45) is 0 Å². The van der Waals surface area contributed by atoms with Crippen molar-refractivity contribution in [1.29, 1.82) is 0 Å². The van der Waals surface area contributed by atoms with Crippen LogP contribution in [-0.4, -0.2) is 37.4 Å². The van der Waals surface area contributed by atoms with Crippen molar-refractivity contribution in [3.63, 3.8) is 0 Å². The Labute approximate surface area is 188 Å². The smallest absolute Gasteiger partial charge is 0.337 e. The third-order valence-electron chi connectivity index (χ3n) is 5.19. The number of aryl methyl sites for hydroxylation is 1. The van der Waals surface area contributed by atoms with Crippen molar-refractivity contribution in [3.05, 3.63) is 101 Å². The molecule has 1 amide bonds. The molecule has 9 heteroatoms. The Bertz CT molecular complexity index is 1240. The van der Waals surface area contributed by atoms with Crippen LogP contribution in [0.15, 0.2) is 73.2 Å². The molecule has 2 heterocycles. The first-order valence-electron chi connectivity index (χ1n) is 10.3. The van der Waals surface area contributed by atoms with Gasteiger partial charge in [0.15, 0.2) is 5.69 Å². The van der Waals surface area contributed by atoms with Crippen molar-refractivity contribution >= 4 is 5.91 Å². The molecule has 33 heavy (non-hydrogen) atoms. The van der Waals surface area contributed by atoms with E-state index in [2.05, 4.69) is 10.2 Å². The summed E-state index contributed by atoms with van der Waals surface area (Å²) in [6.45, 7) is 2.50. The van der Waals surface area contributed by atoms with Gasteiger partial charge in [-0.3, -0.25) is 9.48 Å². The predicted octanol–water partition coefficient (Wildman–Crippen LogP) is 4.72. The number of nitrogens with zero attached hydrogens (tertiary/aromatic N) is 5. The zero-order chi connectivity index (χ0) is 23.6. The number of hydrogen-bond acceptors (Lipinski definition) is 3. The van der Waals surface area contributed by atoms with Crippen molar-refractivity contribution in [1.82, 2.24) is 24.5 Å².